The molecule has 1 N–H and O–H groups in total. The van der Waals surface area contributed by atoms with Crippen molar-refractivity contribution in [2.75, 3.05) is 19.0 Å². The zero-order chi connectivity index (χ0) is 24.0. The summed E-state index contributed by atoms with van der Waals surface area (Å²) in [5.41, 5.74) is 0.627. The quantitative estimate of drug-likeness (QED) is 0.357. The van der Waals surface area contributed by atoms with Crippen molar-refractivity contribution in [2.24, 2.45) is 0 Å². The lowest BCUT2D eigenvalue weighted by Gasteiger charge is -2.23. The normalized spacial score (nSPS) is 11.2. The van der Waals surface area contributed by atoms with Crippen LogP contribution in [0.4, 0.5) is 11.4 Å². The summed E-state index contributed by atoms with van der Waals surface area (Å²) < 4.78 is 33.2. The summed E-state index contributed by atoms with van der Waals surface area (Å²) in [6.07, 6.45) is 0. The van der Waals surface area contributed by atoms with E-state index >= 15 is 0 Å². The van der Waals surface area contributed by atoms with Crippen molar-refractivity contribution in [3.63, 3.8) is 0 Å². The third kappa shape index (κ3) is 6.07. The molecule has 0 aliphatic heterocycles. The van der Waals surface area contributed by atoms with Crippen LogP contribution in [0.1, 0.15) is 5.56 Å². The predicted octanol–water partition coefficient (Wildman–Crippen LogP) is 4.09. The average molecular weight is 490 g/mol. The fraction of sp³-hybridized carbons (Fsp3) is 0.136. The molecule has 3 rings (SSSR count). The van der Waals surface area contributed by atoms with Gasteiger partial charge in [-0.2, -0.15) is 4.31 Å². The monoisotopic (exact) mass is 489 g/mol. The number of hydrogen-bond donors (Lipinski definition) is 1. The van der Waals surface area contributed by atoms with Crippen LogP contribution in [0.3, 0.4) is 0 Å². The van der Waals surface area contributed by atoms with Gasteiger partial charge >= 0.3 is 0 Å². The lowest BCUT2D eigenvalue weighted by Crippen LogP contribution is -2.37. The first-order chi connectivity index (χ1) is 15.7. The van der Waals surface area contributed by atoms with E-state index in [0.717, 1.165) is 4.31 Å². The Morgan fingerprint density at radius 1 is 1.09 bits per heavy atom. The maximum atomic E-state index is 13.5. The number of halogens is 1. The fourth-order valence-electron chi connectivity index (χ4n) is 3.06. The first-order valence-corrected chi connectivity index (χ1v) is 11.4. The van der Waals surface area contributed by atoms with Gasteiger partial charge in [-0.1, -0.05) is 48.0 Å². The van der Waals surface area contributed by atoms with Gasteiger partial charge in [0.25, 0.3) is 5.69 Å². The van der Waals surface area contributed by atoms with Crippen LogP contribution in [0.25, 0.3) is 0 Å². The maximum absolute atomic E-state index is 13.5. The first kappa shape index (κ1) is 24.2. The summed E-state index contributed by atoms with van der Waals surface area (Å²) >= 11 is 6.03. The molecule has 0 fully saturated rings. The molecule has 0 spiro atoms. The van der Waals surface area contributed by atoms with Crippen LogP contribution >= 0.6 is 11.6 Å². The molecule has 0 atom stereocenters. The predicted molar refractivity (Wildman–Crippen MR) is 124 cm³/mol. The van der Waals surface area contributed by atoms with Gasteiger partial charge in [0.2, 0.25) is 15.9 Å². The fourth-order valence-corrected chi connectivity index (χ4v) is 4.86. The van der Waals surface area contributed by atoms with Crippen LogP contribution in [0, 0.1) is 10.1 Å². The maximum Gasteiger partial charge on any atom is 0.271 e. The molecule has 0 heterocycles. The number of methoxy groups -OCH3 is 1. The number of nitro groups is 1. The van der Waals surface area contributed by atoms with E-state index in [9.17, 15) is 23.3 Å². The minimum atomic E-state index is -4.22. The second kappa shape index (κ2) is 10.4. The molecular weight excluding hydrogens is 470 g/mol. The van der Waals surface area contributed by atoms with Gasteiger partial charge in [-0.3, -0.25) is 14.9 Å². The van der Waals surface area contributed by atoms with Crippen LogP contribution < -0.4 is 10.1 Å². The van der Waals surface area contributed by atoms with E-state index < -0.39 is 27.4 Å². The van der Waals surface area contributed by atoms with E-state index in [1.54, 1.807) is 30.3 Å². The number of ether oxygens (including phenoxy) is 1. The molecule has 0 aromatic heterocycles. The Labute approximate surface area is 195 Å². The molecule has 11 heteroatoms. The van der Waals surface area contributed by atoms with E-state index in [2.05, 4.69) is 5.32 Å². The number of carbonyl (C=O) groups is 1. The SMILES string of the molecule is COc1ccc(Cl)cc1S(=O)(=O)N(CC(=O)Nc1cccc([N+](=O)[O-])c1)Cc1ccccc1. The van der Waals surface area contributed by atoms with Gasteiger partial charge in [0.1, 0.15) is 10.6 Å². The molecule has 3 aromatic carbocycles. The van der Waals surface area contributed by atoms with Crippen LogP contribution in [0.2, 0.25) is 5.02 Å². The molecule has 9 nitrogen and oxygen atoms in total. The van der Waals surface area contributed by atoms with Gasteiger partial charge in [-0.05, 0) is 29.8 Å². The highest BCUT2D eigenvalue weighted by Crippen LogP contribution is 2.30. The summed E-state index contributed by atoms with van der Waals surface area (Å²) in [7, 11) is -2.89. The second-order valence-corrected chi connectivity index (χ2v) is 9.25. The Bertz CT molecular complexity index is 1270. The number of rotatable bonds is 9. The van der Waals surface area contributed by atoms with Gasteiger partial charge in [-0.15, -0.1) is 0 Å². The number of sulfonamides is 1. The van der Waals surface area contributed by atoms with Gasteiger partial charge in [0, 0.05) is 29.4 Å². The van der Waals surface area contributed by atoms with Crippen molar-refractivity contribution >= 4 is 38.9 Å². The third-order valence-electron chi connectivity index (χ3n) is 4.61. The van der Waals surface area contributed by atoms with Gasteiger partial charge in [0.15, 0.2) is 0 Å². The number of amides is 1. The number of hydrogen-bond acceptors (Lipinski definition) is 6. The van der Waals surface area contributed by atoms with E-state index in [-0.39, 0.29) is 33.6 Å². The number of benzene rings is 3. The van der Waals surface area contributed by atoms with Crippen molar-refractivity contribution < 1.29 is 22.9 Å². The topological polar surface area (TPSA) is 119 Å². The molecule has 0 saturated heterocycles. The molecule has 0 bridgehead atoms. The number of nitrogens with zero attached hydrogens (tertiary/aromatic N) is 2. The summed E-state index contributed by atoms with van der Waals surface area (Å²) in [6.45, 7) is -0.642. The molecule has 3 aromatic rings. The summed E-state index contributed by atoms with van der Waals surface area (Å²) in [5.74, 6) is -0.590. The summed E-state index contributed by atoms with van der Waals surface area (Å²) in [6, 6.07) is 18.3. The van der Waals surface area contributed by atoms with Gasteiger partial charge in [0.05, 0.1) is 18.6 Å². The Balaban J connectivity index is 1.93. The number of anilines is 1. The average Bonchev–Trinajstić information content (AvgIpc) is 2.79. The Hall–Kier alpha value is -3.47. The number of carbonyl (C=O) groups excluding carboxylic acids is 1. The molecular formula is C22H20ClN3O6S. The molecule has 0 aliphatic rings. The zero-order valence-electron chi connectivity index (χ0n) is 17.5. The lowest BCUT2D eigenvalue weighted by molar-refractivity contribution is -0.384. The largest absolute Gasteiger partial charge is 0.495 e. The van der Waals surface area contributed by atoms with Crippen LogP contribution in [0.5, 0.6) is 5.75 Å². The Morgan fingerprint density at radius 2 is 1.82 bits per heavy atom. The molecule has 0 saturated carbocycles. The van der Waals surface area contributed by atoms with E-state index in [1.165, 1.54) is 49.6 Å². The van der Waals surface area contributed by atoms with Crippen molar-refractivity contribution in [2.45, 2.75) is 11.4 Å². The molecule has 0 aliphatic carbocycles. The highest BCUT2D eigenvalue weighted by atomic mass is 35.5. The molecule has 172 valence electrons. The second-order valence-electron chi connectivity index (χ2n) is 6.91. The van der Waals surface area contributed by atoms with Crippen LogP contribution in [0.15, 0.2) is 77.7 Å². The lowest BCUT2D eigenvalue weighted by atomic mass is 10.2. The van der Waals surface area contributed by atoms with E-state index in [1.807, 2.05) is 0 Å². The van der Waals surface area contributed by atoms with Crippen molar-refractivity contribution in [3.05, 3.63) is 93.5 Å². The Morgan fingerprint density at radius 3 is 2.48 bits per heavy atom. The highest BCUT2D eigenvalue weighted by Gasteiger charge is 2.30. The molecule has 33 heavy (non-hydrogen) atoms. The summed E-state index contributed by atoms with van der Waals surface area (Å²) in [5, 5.41) is 13.7. The van der Waals surface area contributed by atoms with Crippen molar-refractivity contribution in [1.29, 1.82) is 0 Å². The van der Waals surface area contributed by atoms with Crippen molar-refractivity contribution in [3.8, 4) is 5.75 Å². The molecule has 1 amide bonds. The molecule has 0 radical (unpaired) electrons. The number of nitro benzene ring substituents is 1. The number of nitrogens with one attached hydrogen (secondary N) is 1. The van der Waals surface area contributed by atoms with Gasteiger partial charge < -0.3 is 10.1 Å². The zero-order valence-corrected chi connectivity index (χ0v) is 19.0. The summed E-state index contributed by atoms with van der Waals surface area (Å²) in [4.78, 5) is 23.0. The number of non-ortho nitro benzene ring substituents is 1. The van der Waals surface area contributed by atoms with Crippen LogP contribution in [-0.4, -0.2) is 37.2 Å². The minimum Gasteiger partial charge on any atom is -0.495 e. The van der Waals surface area contributed by atoms with Crippen LogP contribution in [-0.2, 0) is 21.4 Å². The Kier molecular flexibility index (Phi) is 7.64. The molecule has 0 unspecified atom stereocenters. The highest BCUT2D eigenvalue weighted by molar-refractivity contribution is 7.89. The van der Waals surface area contributed by atoms with Crippen molar-refractivity contribution in [1.82, 2.24) is 4.31 Å². The van der Waals surface area contributed by atoms with E-state index in [4.69, 9.17) is 16.3 Å². The first-order valence-electron chi connectivity index (χ1n) is 9.62. The third-order valence-corrected chi connectivity index (χ3v) is 6.65. The van der Waals surface area contributed by atoms with E-state index in [0.29, 0.717) is 5.56 Å². The standard InChI is InChI=1S/C22H20ClN3O6S/c1-32-20-11-10-17(23)12-21(20)33(30,31)25(14-16-6-3-2-4-7-16)15-22(27)24-18-8-5-9-19(13-18)26(28)29/h2-13H,14-15H2,1H3,(H,24,27). The van der Waals surface area contributed by atoms with Gasteiger partial charge in [-0.25, -0.2) is 8.42 Å². The smallest absolute Gasteiger partial charge is 0.271 e. The minimum absolute atomic E-state index is 0.0801.